The van der Waals surface area contributed by atoms with Crippen LogP contribution in [0.25, 0.3) is 0 Å². The van der Waals surface area contributed by atoms with Crippen molar-refractivity contribution in [3.05, 3.63) is 0 Å². The van der Waals surface area contributed by atoms with Crippen molar-refractivity contribution in [3.8, 4) is 0 Å². The lowest BCUT2D eigenvalue weighted by atomic mass is 10.0. The van der Waals surface area contributed by atoms with Crippen LogP contribution in [0.15, 0.2) is 0 Å². The van der Waals surface area contributed by atoms with Gasteiger partial charge >= 0.3 is 0 Å². The molecule has 0 saturated carbocycles. The lowest BCUT2D eigenvalue weighted by molar-refractivity contribution is 0.141. The molecule has 1 fully saturated rings. The Labute approximate surface area is 68.6 Å². The second-order valence-electron chi connectivity index (χ2n) is 2.32. The zero-order valence-electron chi connectivity index (χ0n) is 5.54. The van der Waals surface area contributed by atoms with E-state index in [4.69, 9.17) is 5.73 Å². The molecule has 9 heavy (non-hydrogen) atoms. The Morgan fingerprint density at radius 2 is 1.89 bits per heavy atom. The Morgan fingerprint density at radius 3 is 2.00 bits per heavy atom. The van der Waals surface area contributed by atoms with Crippen LogP contribution in [0.4, 0.5) is 0 Å². The van der Waals surface area contributed by atoms with E-state index in [9.17, 15) is 0 Å². The Bertz CT molecular complexity index is 64.0. The van der Waals surface area contributed by atoms with E-state index in [2.05, 4.69) is 11.9 Å². The Hall–Kier alpha value is 0.500. The average Bonchev–Trinajstić information content (AvgIpc) is 1.58. The standard InChI is InChI=1S/C5H12N2.2ClH/c1-7-3-5(2-6)4-7;;/h5H,2-4,6H2,1H3;2*1H. The van der Waals surface area contributed by atoms with Gasteiger partial charge in [0.25, 0.3) is 0 Å². The zero-order valence-corrected chi connectivity index (χ0v) is 7.17. The Balaban J connectivity index is 0. The first-order valence-corrected chi connectivity index (χ1v) is 2.71. The summed E-state index contributed by atoms with van der Waals surface area (Å²) in [7, 11) is 2.12. The largest absolute Gasteiger partial charge is 0.330 e. The highest BCUT2D eigenvalue weighted by molar-refractivity contribution is 5.85. The lowest BCUT2D eigenvalue weighted by Crippen LogP contribution is -2.47. The molecule has 0 amide bonds. The van der Waals surface area contributed by atoms with Crippen molar-refractivity contribution in [1.29, 1.82) is 0 Å². The third-order valence-electron chi connectivity index (χ3n) is 1.47. The summed E-state index contributed by atoms with van der Waals surface area (Å²) in [5.41, 5.74) is 5.37. The highest BCUT2D eigenvalue weighted by atomic mass is 35.5. The predicted octanol–water partition coefficient (Wildman–Crippen LogP) is 0.350. The number of nitrogens with zero attached hydrogens (tertiary/aromatic N) is 1. The van der Waals surface area contributed by atoms with Gasteiger partial charge in [-0.1, -0.05) is 0 Å². The second kappa shape index (κ2) is 5.30. The molecule has 1 aliphatic heterocycles. The molecule has 0 unspecified atom stereocenters. The number of halogens is 2. The highest BCUT2D eigenvalue weighted by Gasteiger charge is 2.20. The van der Waals surface area contributed by atoms with Gasteiger partial charge in [0.2, 0.25) is 0 Å². The molecule has 2 N–H and O–H groups in total. The van der Waals surface area contributed by atoms with Gasteiger partial charge in [0.05, 0.1) is 0 Å². The maximum Gasteiger partial charge on any atom is 0.00311 e. The number of likely N-dealkylation sites (tertiary alicyclic amines) is 1. The van der Waals surface area contributed by atoms with Gasteiger partial charge in [-0.15, -0.1) is 24.8 Å². The fourth-order valence-electron chi connectivity index (χ4n) is 0.977. The monoisotopic (exact) mass is 172 g/mol. The molecule has 0 bridgehead atoms. The van der Waals surface area contributed by atoms with Crippen LogP contribution in [0, 0.1) is 5.92 Å². The number of hydrogen-bond donors (Lipinski definition) is 1. The van der Waals surface area contributed by atoms with Crippen molar-refractivity contribution in [1.82, 2.24) is 4.90 Å². The van der Waals surface area contributed by atoms with Crippen molar-refractivity contribution in [2.45, 2.75) is 0 Å². The van der Waals surface area contributed by atoms with Crippen LogP contribution in [-0.2, 0) is 0 Å². The topological polar surface area (TPSA) is 29.3 Å². The number of nitrogens with two attached hydrogens (primary N) is 1. The maximum absolute atomic E-state index is 5.37. The van der Waals surface area contributed by atoms with Crippen LogP contribution in [0.1, 0.15) is 0 Å². The molecule has 0 radical (unpaired) electrons. The normalized spacial score (nSPS) is 19.3. The van der Waals surface area contributed by atoms with E-state index >= 15 is 0 Å². The Morgan fingerprint density at radius 1 is 1.44 bits per heavy atom. The van der Waals surface area contributed by atoms with Crippen molar-refractivity contribution in [3.63, 3.8) is 0 Å². The molecule has 0 aromatic rings. The molecule has 0 aliphatic carbocycles. The summed E-state index contributed by atoms with van der Waals surface area (Å²) in [5.74, 6) is 0.796. The van der Waals surface area contributed by atoms with E-state index in [0.717, 1.165) is 12.5 Å². The average molecular weight is 173 g/mol. The summed E-state index contributed by atoms with van der Waals surface area (Å²) < 4.78 is 0. The molecule has 0 aromatic carbocycles. The van der Waals surface area contributed by atoms with Crippen LogP contribution >= 0.6 is 24.8 Å². The molecule has 0 aromatic heterocycles. The minimum Gasteiger partial charge on any atom is -0.330 e. The molecule has 4 heteroatoms. The quantitative estimate of drug-likeness (QED) is 0.619. The van der Waals surface area contributed by atoms with E-state index in [-0.39, 0.29) is 24.8 Å². The van der Waals surface area contributed by atoms with Crippen molar-refractivity contribution >= 4 is 24.8 Å². The molecule has 58 valence electrons. The third kappa shape index (κ3) is 3.26. The van der Waals surface area contributed by atoms with Crippen LogP contribution in [0.2, 0.25) is 0 Å². The number of rotatable bonds is 1. The molecule has 1 heterocycles. The van der Waals surface area contributed by atoms with E-state index < -0.39 is 0 Å². The Kier molecular flexibility index (Phi) is 7.18. The van der Waals surface area contributed by atoms with Crippen molar-refractivity contribution < 1.29 is 0 Å². The van der Waals surface area contributed by atoms with Gasteiger partial charge < -0.3 is 10.6 Å². The molecule has 2 nitrogen and oxygen atoms in total. The molecule has 0 spiro atoms. The fourth-order valence-corrected chi connectivity index (χ4v) is 0.977. The molecular formula is C5H14Cl2N2. The molecular weight excluding hydrogens is 159 g/mol. The predicted molar refractivity (Wildman–Crippen MR) is 44.5 cm³/mol. The lowest BCUT2D eigenvalue weighted by Gasteiger charge is -2.35. The SMILES string of the molecule is CN1CC(CN)C1.Cl.Cl. The minimum atomic E-state index is 0. The number of hydrogen-bond acceptors (Lipinski definition) is 2. The van der Waals surface area contributed by atoms with Crippen LogP contribution in [0.5, 0.6) is 0 Å². The highest BCUT2D eigenvalue weighted by Crippen LogP contribution is 2.09. The smallest absolute Gasteiger partial charge is 0.00311 e. The van der Waals surface area contributed by atoms with E-state index in [1.54, 1.807) is 0 Å². The van der Waals surface area contributed by atoms with Crippen molar-refractivity contribution in [2.24, 2.45) is 11.7 Å². The summed E-state index contributed by atoms with van der Waals surface area (Å²) in [6, 6.07) is 0. The zero-order chi connectivity index (χ0) is 5.28. The van der Waals surface area contributed by atoms with E-state index in [1.807, 2.05) is 0 Å². The summed E-state index contributed by atoms with van der Waals surface area (Å²) in [5, 5.41) is 0. The molecule has 1 saturated heterocycles. The fraction of sp³-hybridized carbons (Fsp3) is 1.00. The van der Waals surface area contributed by atoms with E-state index in [0.29, 0.717) is 0 Å². The van der Waals surface area contributed by atoms with Crippen LogP contribution in [-0.4, -0.2) is 31.6 Å². The van der Waals surface area contributed by atoms with Gasteiger partial charge in [0, 0.05) is 13.1 Å². The first-order valence-electron chi connectivity index (χ1n) is 2.71. The maximum atomic E-state index is 5.37. The van der Waals surface area contributed by atoms with Gasteiger partial charge in [-0.25, -0.2) is 0 Å². The van der Waals surface area contributed by atoms with E-state index in [1.165, 1.54) is 13.1 Å². The van der Waals surface area contributed by atoms with Gasteiger partial charge in [-0.05, 0) is 19.5 Å². The summed E-state index contributed by atoms with van der Waals surface area (Å²) in [6.07, 6.45) is 0. The molecule has 0 atom stereocenters. The van der Waals surface area contributed by atoms with Crippen LogP contribution < -0.4 is 5.73 Å². The second-order valence-corrected chi connectivity index (χ2v) is 2.32. The minimum absolute atomic E-state index is 0. The molecule has 1 aliphatic rings. The summed E-state index contributed by atoms with van der Waals surface area (Å²) in [4.78, 5) is 2.28. The van der Waals surface area contributed by atoms with Crippen molar-refractivity contribution in [2.75, 3.05) is 26.7 Å². The van der Waals surface area contributed by atoms with Crippen LogP contribution in [0.3, 0.4) is 0 Å². The van der Waals surface area contributed by atoms with Gasteiger partial charge in [-0.3, -0.25) is 0 Å². The first-order chi connectivity index (χ1) is 3.33. The third-order valence-corrected chi connectivity index (χ3v) is 1.47. The van der Waals surface area contributed by atoms with Gasteiger partial charge in [0.1, 0.15) is 0 Å². The van der Waals surface area contributed by atoms with Gasteiger partial charge in [-0.2, -0.15) is 0 Å². The molecule has 1 rings (SSSR count). The summed E-state index contributed by atoms with van der Waals surface area (Å²) >= 11 is 0. The summed E-state index contributed by atoms with van der Waals surface area (Å²) in [6.45, 7) is 3.28. The van der Waals surface area contributed by atoms with Gasteiger partial charge in [0.15, 0.2) is 0 Å². The first kappa shape index (κ1) is 12.2.